The molecule has 134 valence electrons. The molecule has 2 aliphatic carbocycles. The van der Waals surface area contributed by atoms with Gasteiger partial charge in [0.25, 0.3) is 11.5 Å². The van der Waals surface area contributed by atoms with Gasteiger partial charge in [-0.1, -0.05) is 24.6 Å². The van der Waals surface area contributed by atoms with Crippen molar-refractivity contribution in [2.75, 3.05) is 0 Å². The molecule has 0 saturated heterocycles. The quantitative estimate of drug-likeness (QED) is 0.760. The van der Waals surface area contributed by atoms with Crippen molar-refractivity contribution in [3.63, 3.8) is 0 Å². The Morgan fingerprint density at radius 3 is 2.48 bits per heavy atom. The maximum absolute atomic E-state index is 12.8. The summed E-state index contributed by atoms with van der Waals surface area (Å²) < 4.78 is 0. The first kappa shape index (κ1) is 17.9. The first-order valence-electron chi connectivity index (χ1n) is 8.67. The van der Waals surface area contributed by atoms with Crippen molar-refractivity contribution >= 4 is 29.1 Å². The van der Waals surface area contributed by atoms with Gasteiger partial charge >= 0.3 is 0 Å². The van der Waals surface area contributed by atoms with E-state index in [9.17, 15) is 9.59 Å². The van der Waals surface area contributed by atoms with Gasteiger partial charge in [-0.2, -0.15) is 5.10 Å². The predicted octanol–water partition coefficient (Wildman–Crippen LogP) is 1.98. The zero-order chi connectivity index (χ0) is 16.7. The molecule has 1 aromatic heterocycles. The molecule has 2 aliphatic rings. The molecule has 2 unspecified atom stereocenters. The number of benzene rings is 1. The van der Waals surface area contributed by atoms with Crippen molar-refractivity contribution in [3.05, 3.63) is 40.3 Å². The van der Waals surface area contributed by atoms with Crippen LogP contribution in [0.1, 0.15) is 42.6 Å². The van der Waals surface area contributed by atoms with Crippen LogP contribution in [0, 0.1) is 11.8 Å². The summed E-state index contributed by atoms with van der Waals surface area (Å²) in [5.41, 5.74) is 6.17. The number of carbonyl (C=O) groups is 1. The van der Waals surface area contributed by atoms with Gasteiger partial charge < -0.3 is 11.1 Å². The van der Waals surface area contributed by atoms with E-state index in [1.807, 2.05) is 6.07 Å². The van der Waals surface area contributed by atoms with E-state index in [4.69, 9.17) is 5.73 Å². The number of carbonyl (C=O) groups excluding carboxylic acids is 1. The Bertz CT molecular complexity index is 823. The summed E-state index contributed by atoms with van der Waals surface area (Å²) in [7, 11) is 0. The SMILES string of the molecule is Cl.NC1CC2CCCC(C1)C2NC(=O)c1n[nH]c(=O)c2ccccc12. The van der Waals surface area contributed by atoms with Gasteiger partial charge in [-0.25, -0.2) is 5.10 Å². The van der Waals surface area contributed by atoms with E-state index in [1.54, 1.807) is 18.2 Å². The molecule has 2 fully saturated rings. The van der Waals surface area contributed by atoms with Gasteiger partial charge in [0.05, 0.1) is 5.39 Å². The van der Waals surface area contributed by atoms with Gasteiger partial charge in [-0.15, -0.1) is 12.4 Å². The van der Waals surface area contributed by atoms with E-state index < -0.39 is 0 Å². The summed E-state index contributed by atoms with van der Waals surface area (Å²) in [6, 6.07) is 7.49. The van der Waals surface area contributed by atoms with Crippen LogP contribution in [0.3, 0.4) is 0 Å². The second kappa shape index (κ2) is 7.14. The van der Waals surface area contributed by atoms with E-state index in [0.29, 0.717) is 22.6 Å². The summed E-state index contributed by atoms with van der Waals surface area (Å²) >= 11 is 0. The fourth-order valence-corrected chi connectivity index (χ4v) is 4.53. The van der Waals surface area contributed by atoms with Crippen LogP contribution in [0.15, 0.2) is 29.1 Å². The van der Waals surface area contributed by atoms with Crippen LogP contribution in [0.5, 0.6) is 0 Å². The van der Waals surface area contributed by atoms with Gasteiger partial charge in [0.1, 0.15) is 0 Å². The molecular weight excluding hydrogens is 340 g/mol. The summed E-state index contributed by atoms with van der Waals surface area (Å²) in [5, 5.41) is 10.7. The van der Waals surface area contributed by atoms with E-state index in [2.05, 4.69) is 15.5 Å². The summed E-state index contributed by atoms with van der Waals surface area (Å²) in [5.74, 6) is 0.691. The molecule has 2 saturated carbocycles. The Hall–Kier alpha value is -1.92. The number of aromatic nitrogens is 2. The van der Waals surface area contributed by atoms with Gasteiger partial charge in [0.15, 0.2) is 5.69 Å². The lowest BCUT2D eigenvalue weighted by Crippen LogP contribution is -2.53. The lowest BCUT2D eigenvalue weighted by Gasteiger charge is -2.45. The summed E-state index contributed by atoms with van der Waals surface area (Å²) in [4.78, 5) is 24.7. The molecule has 4 rings (SSSR count). The number of H-pyrrole nitrogens is 1. The number of hydrogen-bond donors (Lipinski definition) is 3. The number of nitrogens with zero attached hydrogens (tertiary/aromatic N) is 1. The highest BCUT2D eigenvalue weighted by atomic mass is 35.5. The Balaban J connectivity index is 0.00000182. The molecular formula is C18H23ClN4O2. The first-order valence-corrected chi connectivity index (χ1v) is 8.67. The Labute approximate surface area is 152 Å². The fraction of sp³-hybridized carbons (Fsp3) is 0.500. The third-order valence-electron chi connectivity index (χ3n) is 5.59. The molecule has 2 atom stereocenters. The maximum atomic E-state index is 12.8. The number of nitrogens with two attached hydrogens (primary N) is 1. The number of nitrogens with one attached hydrogen (secondary N) is 2. The molecule has 25 heavy (non-hydrogen) atoms. The largest absolute Gasteiger partial charge is 0.347 e. The summed E-state index contributed by atoms with van der Waals surface area (Å²) in [6.07, 6.45) is 5.40. The van der Waals surface area contributed by atoms with Crippen molar-refractivity contribution in [2.24, 2.45) is 17.6 Å². The first-order chi connectivity index (χ1) is 11.6. The monoisotopic (exact) mass is 362 g/mol. The lowest BCUT2D eigenvalue weighted by atomic mass is 9.67. The maximum Gasteiger partial charge on any atom is 0.272 e. The van der Waals surface area contributed by atoms with Crippen LogP contribution in [-0.4, -0.2) is 28.2 Å². The summed E-state index contributed by atoms with van der Waals surface area (Å²) in [6.45, 7) is 0. The standard InChI is InChI=1S/C18H22N4O2.ClH/c19-12-8-10-4-3-5-11(9-12)15(10)20-18(24)16-13-6-1-2-7-14(13)17(23)22-21-16;/h1-2,6-7,10-12,15H,3-5,8-9,19H2,(H,20,24)(H,22,23);1H. The predicted molar refractivity (Wildman–Crippen MR) is 98.9 cm³/mol. The van der Waals surface area contributed by atoms with E-state index in [-0.39, 0.29) is 41.7 Å². The number of aromatic amines is 1. The number of halogens is 1. The van der Waals surface area contributed by atoms with Crippen molar-refractivity contribution in [2.45, 2.75) is 44.2 Å². The van der Waals surface area contributed by atoms with Gasteiger partial charge in [-0.05, 0) is 43.6 Å². The van der Waals surface area contributed by atoms with Crippen molar-refractivity contribution < 1.29 is 4.79 Å². The molecule has 1 heterocycles. The molecule has 2 bridgehead atoms. The van der Waals surface area contributed by atoms with Crippen LogP contribution in [0.25, 0.3) is 10.8 Å². The number of rotatable bonds is 2. The highest BCUT2D eigenvalue weighted by Gasteiger charge is 2.40. The smallest absolute Gasteiger partial charge is 0.272 e. The van der Waals surface area contributed by atoms with Gasteiger partial charge in [-0.3, -0.25) is 9.59 Å². The molecule has 2 aromatic rings. The normalized spacial score (nSPS) is 28.2. The average Bonchev–Trinajstić information content (AvgIpc) is 2.56. The number of amides is 1. The van der Waals surface area contributed by atoms with Crippen LogP contribution in [0.4, 0.5) is 0 Å². The van der Waals surface area contributed by atoms with E-state index >= 15 is 0 Å². The third kappa shape index (κ3) is 3.28. The van der Waals surface area contributed by atoms with Crippen molar-refractivity contribution in [1.82, 2.24) is 15.5 Å². The highest BCUT2D eigenvalue weighted by molar-refractivity contribution is 6.04. The molecule has 1 aromatic carbocycles. The molecule has 4 N–H and O–H groups in total. The van der Waals surface area contributed by atoms with Crippen LogP contribution < -0.4 is 16.6 Å². The second-order valence-corrected chi connectivity index (χ2v) is 7.13. The third-order valence-corrected chi connectivity index (χ3v) is 5.59. The second-order valence-electron chi connectivity index (χ2n) is 7.13. The fourth-order valence-electron chi connectivity index (χ4n) is 4.53. The van der Waals surface area contributed by atoms with Crippen LogP contribution >= 0.6 is 12.4 Å². The van der Waals surface area contributed by atoms with Crippen LogP contribution in [-0.2, 0) is 0 Å². The molecule has 6 nitrogen and oxygen atoms in total. The minimum Gasteiger partial charge on any atom is -0.347 e. The number of fused-ring (bicyclic) bond motifs is 3. The zero-order valence-corrected chi connectivity index (χ0v) is 14.7. The van der Waals surface area contributed by atoms with Crippen molar-refractivity contribution in [1.29, 1.82) is 0 Å². The van der Waals surface area contributed by atoms with Crippen LogP contribution in [0.2, 0.25) is 0 Å². The molecule has 0 aliphatic heterocycles. The zero-order valence-electron chi connectivity index (χ0n) is 13.9. The van der Waals surface area contributed by atoms with E-state index in [1.165, 1.54) is 6.42 Å². The molecule has 0 radical (unpaired) electrons. The van der Waals surface area contributed by atoms with Gasteiger partial charge in [0.2, 0.25) is 0 Å². The number of hydrogen-bond acceptors (Lipinski definition) is 4. The molecule has 0 spiro atoms. The Morgan fingerprint density at radius 2 is 1.80 bits per heavy atom. The Morgan fingerprint density at radius 1 is 1.16 bits per heavy atom. The molecule has 7 heteroatoms. The molecule has 1 amide bonds. The average molecular weight is 363 g/mol. The lowest BCUT2D eigenvalue weighted by molar-refractivity contribution is 0.0752. The minimum absolute atomic E-state index is 0. The van der Waals surface area contributed by atoms with E-state index in [0.717, 1.165) is 25.7 Å². The Kier molecular flexibility index (Phi) is 5.11. The van der Waals surface area contributed by atoms with Crippen molar-refractivity contribution in [3.8, 4) is 0 Å². The highest BCUT2D eigenvalue weighted by Crippen LogP contribution is 2.39. The topological polar surface area (TPSA) is 101 Å². The van der Waals surface area contributed by atoms with Gasteiger partial charge in [0, 0.05) is 17.5 Å². The minimum atomic E-state index is -0.275.